The molecule has 1 aliphatic heterocycles. The molecule has 0 bridgehead atoms. The van der Waals surface area contributed by atoms with Crippen molar-refractivity contribution in [3.05, 3.63) is 0 Å². The Morgan fingerprint density at radius 2 is 2.12 bits per heavy atom. The topological polar surface area (TPSA) is 49.8 Å². The molecule has 1 atom stereocenters. The third-order valence-electron chi connectivity index (χ3n) is 2.64. The second kappa shape index (κ2) is 4.81. The molecular weight excluding hydrogens is 239 g/mol. The van der Waals surface area contributed by atoms with Gasteiger partial charge in [-0.3, -0.25) is 9.69 Å². The van der Waals surface area contributed by atoms with Gasteiger partial charge >= 0.3 is 12.1 Å². The number of ether oxygens (including phenoxy) is 1. The van der Waals surface area contributed by atoms with Crippen molar-refractivity contribution in [2.45, 2.75) is 38.1 Å². The molecule has 0 aromatic heterocycles. The summed E-state index contributed by atoms with van der Waals surface area (Å²) in [6.45, 7) is 3.73. The molecule has 7 heteroatoms. The number of hydrogen-bond acceptors (Lipinski definition) is 3. The highest BCUT2D eigenvalue weighted by Crippen LogP contribution is 2.30. The summed E-state index contributed by atoms with van der Waals surface area (Å²) in [6.07, 6.45) is -5.47. The van der Waals surface area contributed by atoms with E-state index >= 15 is 0 Å². The zero-order valence-corrected chi connectivity index (χ0v) is 9.75. The fourth-order valence-electron chi connectivity index (χ4n) is 1.94. The molecule has 1 N–H and O–H groups in total. The molecule has 0 spiro atoms. The van der Waals surface area contributed by atoms with Gasteiger partial charge in [-0.2, -0.15) is 13.2 Å². The highest BCUT2D eigenvalue weighted by atomic mass is 19.4. The fourth-order valence-corrected chi connectivity index (χ4v) is 1.94. The number of halogens is 3. The fraction of sp³-hybridized carbons (Fsp3) is 0.900. The average molecular weight is 255 g/mol. The molecule has 100 valence electrons. The van der Waals surface area contributed by atoms with Crippen molar-refractivity contribution < 1.29 is 27.8 Å². The zero-order chi connectivity index (χ0) is 13.3. The number of carbonyl (C=O) groups is 1. The van der Waals surface area contributed by atoms with E-state index in [2.05, 4.69) is 0 Å². The molecule has 17 heavy (non-hydrogen) atoms. The molecule has 1 unspecified atom stereocenters. The van der Waals surface area contributed by atoms with Gasteiger partial charge in [0.05, 0.1) is 18.6 Å². The number of rotatable bonds is 3. The zero-order valence-electron chi connectivity index (χ0n) is 9.75. The van der Waals surface area contributed by atoms with Crippen LogP contribution in [-0.2, 0) is 9.53 Å². The van der Waals surface area contributed by atoms with Gasteiger partial charge in [0.2, 0.25) is 0 Å². The van der Waals surface area contributed by atoms with Gasteiger partial charge in [0, 0.05) is 13.1 Å². The van der Waals surface area contributed by atoms with Crippen LogP contribution in [0.4, 0.5) is 13.2 Å². The second-order valence-electron chi connectivity index (χ2n) is 4.73. The van der Waals surface area contributed by atoms with Gasteiger partial charge in [0.15, 0.2) is 0 Å². The van der Waals surface area contributed by atoms with Crippen molar-refractivity contribution in [3.8, 4) is 0 Å². The molecule has 1 rings (SSSR count). The van der Waals surface area contributed by atoms with Gasteiger partial charge in [-0.15, -0.1) is 0 Å². The van der Waals surface area contributed by atoms with Gasteiger partial charge in [0.1, 0.15) is 6.04 Å². The van der Waals surface area contributed by atoms with Crippen LogP contribution in [0.25, 0.3) is 0 Å². The summed E-state index contributed by atoms with van der Waals surface area (Å²) in [5, 5.41) is 8.55. The maximum Gasteiger partial charge on any atom is 0.404 e. The van der Waals surface area contributed by atoms with E-state index in [1.165, 1.54) is 0 Å². The van der Waals surface area contributed by atoms with Crippen LogP contribution >= 0.6 is 0 Å². The molecule has 0 amide bonds. The molecule has 1 heterocycles. The maximum absolute atomic E-state index is 12.8. The molecule has 4 nitrogen and oxygen atoms in total. The highest BCUT2D eigenvalue weighted by molar-refractivity contribution is 5.67. The van der Waals surface area contributed by atoms with Crippen molar-refractivity contribution in [1.82, 2.24) is 4.90 Å². The first kappa shape index (κ1) is 14.2. The lowest BCUT2D eigenvalue weighted by Crippen LogP contribution is -2.56. The van der Waals surface area contributed by atoms with Gasteiger partial charge in [0.25, 0.3) is 0 Å². The van der Waals surface area contributed by atoms with Crippen molar-refractivity contribution >= 4 is 5.97 Å². The minimum atomic E-state index is -4.54. The molecule has 0 aromatic carbocycles. The summed E-state index contributed by atoms with van der Waals surface area (Å²) in [4.78, 5) is 11.6. The Labute approximate surface area is 97.3 Å². The van der Waals surface area contributed by atoms with Crippen LogP contribution in [0.1, 0.15) is 20.3 Å². The Bertz CT molecular complexity index is 291. The second-order valence-corrected chi connectivity index (χ2v) is 4.73. The Morgan fingerprint density at radius 3 is 2.53 bits per heavy atom. The normalized spacial score (nSPS) is 23.4. The Morgan fingerprint density at radius 1 is 1.53 bits per heavy atom. The lowest BCUT2D eigenvalue weighted by Gasteiger charge is -2.42. The molecule has 1 saturated heterocycles. The third-order valence-corrected chi connectivity index (χ3v) is 2.64. The van der Waals surface area contributed by atoms with Crippen LogP contribution in [0.5, 0.6) is 0 Å². The van der Waals surface area contributed by atoms with Gasteiger partial charge in [-0.25, -0.2) is 0 Å². The van der Waals surface area contributed by atoms with Gasteiger partial charge < -0.3 is 9.84 Å². The van der Waals surface area contributed by atoms with Crippen molar-refractivity contribution in [1.29, 1.82) is 0 Å². The highest BCUT2D eigenvalue weighted by Gasteiger charge is 2.47. The van der Waals surface area contributed by atoms with Crippen molar-refractivity contribution in [3.63, 3.8) is 0 Å². The third kappa shape index (κ3) is 4.16. The monoisotopic (exact) mass is 255 g/mol. The van der Waals surface area contributed by atoms with Crippen molar-refractivity contribution in [2.75, 3.05) is 19.7 Å². The van der Waals surface area contributed by atoms with E-state index in [4.69, 9.17) is 9.84 Å². The van der Waals surface area contributed by atoms with E-state index < -0.39 is 30.2 Å². The first-order valence-electron chi connectivity index (χ1n) is 5.28. The summed E-state index contributed by atoms with van der Waals surface area (Å²) < 4.78 is 43.6. The molecule has 0 radical (unpaired) electrons. The minimum absolute atomic E-state index is 0.0739. The van der Waals surface area contributed by atoms with E-state index in [1.54, 1.807) is 13.8 Å². The predicted octanol–water partition coefficient (Wildman–Crippen LogP) is 1.50. The smallest absolute Gasteiger partial charge is 0.404 e. The number of carboxylic acids is 1. The SMILES string of the molecule is CC1(C)CN(C(CC(=O)O)C(F)(F)F)CCO1. The Kier molecular flexibility index (Phi) is 4.03. The summed E-state index contributed by atoms with van der Waals surface area (Å²) in [6, 6.07) is -1.94. The Balaban J connectivity index is 2.79. The summed E-state index contributed by atoms with van der Waals surface area (Å²) in [7, 11) is 0. The van der Waals surface area contributed by atoms with E-state index in [-0.39, 0.29) is 19.7 Å². The number of aliphatic carboxylic acids is 1. The Hall–Kier alpha value is -0.820. The summed E-state index contributed by atoms with van der Waals surface area (Å²) in [5.41, 5.74) is -0.680. The standard InChI is InChI=1S/C10H16F3NO3/c1-9(2)6-14(3-4-17-9)7(5-8(15)16)10(11,12)13/h7H,3-6H2,1-2H3,(H,15,16). The largest absolute Gasteiger partial charge is 0.481 e. The lowest BCUT2D eigenvalue weighted by molar-refractivity contribution is -0.209. The van der Waals surface area contributed by atoms with Crippen LogP contribution < -0.4 is 0 Å². The molecule has 0 saturated carbocycles. The van der Waals surface area contributed by atoms with E-state index in [9.17, 15) is 18.0 Å². The van der Waals surface area contributed by atoms with Crippen LogP contribution in [0, 0.1) is 0 Å². The van der Waals surface area contributed by atoms with Crippen LogP contribution in [0.3, 0.4) is 0 Å². The number of alkyl halides is 3. The number of morpholine rings is 1. The van der Waals surface area contributed by atoms with Gasteiger partial charge in [-0.1, -0.05) is 0 Å². The van der Waals surface area contributed by atoms with E-state index in [0.717, 1.165) is 4.90 Å². The van der Waals surface area contributed by atoms with Gasteiger partial charge in [-0.05, 0) is 13.8 Å². The predicted molar refractivity (Wildman–Crippen MR) is 53.7 cm³/mol. The first-order valence-corrected chi connectivity index (χ1v) is 5.28. The molecule has 0 aliphatic carbocycles. The lowest BCUT2D eigenvalue weighted by atomic mass is 10.0. The minimum Gasteiger partial charge on any atom is -0.481 e. The first-order chi connectivity index (χ1) is 7.62. The van der Waals surface area contributed by atoms with Crippen molar-refractivity contribution in [2.24, 2.45) is 0 Å². The van der Waals surface area contributed by atoms with Crippen LogP contribution in [0.2, 0.25) is 0 Å². The molecular formula is C10H16F3NO3. The maximum atomic E-state index is 12.8. The van der Waals surface area contributed by atoms with E-state index in [1.807, 2.05) is 0 Å². The average Bonchev–Trinajstić information content (AvgIpc) is 2.10. The quantitative estimate of drug-likeness (QED) is 0.830. The van der Waals surface area contributed by atoms with Crippen LogP contribution in [-0.4, -0.2) is 53.5 Å². The number of hydrogen-bond donors (Lipinski definition) is 1. The molecule has 1 aliphatic rings. The number of nitrogens with zero attached hydrogens (tertiary/aromatic N) is 1. The molecule has 1 fully saturated rings. The van der Waals surface area contributed by atoms with Crippen LogP contribution in [0.15, 0.2) is 0 Å². The molecule has 0 aromatic rings. The number of carboxylic acid groups (broad SMARTS) is 1. The summed E-state index contributed by atoms with van der Waals surface area (Å²) >= 11 is 0. The summed E-state index contributed by atoms with van der Waals surface area (Å²) in [5.74, 6) is -1.45. The van der Waals surface area contributed by atoms with E-state index in [0.29, 0.717) is 0 Å².